The van der Waals surface area contributed by atoms with Gasteiger partial charge in [-0.25, -0.2) is 0 Å². The van der Waals surface area contributed by atoms with E-state index in [9.17, 15) is 10.2 Å². The van der Waals surface area contributed by atoms with E-state index in [-0.39, 0.29) is 22.3 Å². The van der Waals surface area contributed by atoms with E-state index in [1.807, 2.05) is 24.3 Å². The fourth-order valence-corrected chi connectivity index (χ4v) is 14.6. The highest BCUT2D eigenvalue weighted by Crippen LogP contribution is 2.66. The fourth-order valence-electron chi connectivity index (χ4n) is 14.6. The zero-order valence-electron chi connectivity index (χ0n) is 29.4. The number of nitrogen functional groups attached to an aromatic ring is 2. The molecular formula is C47H48N2O2. The Morgan fingerprint density at radius 2 is 0.980 bits per heavy atom. The van der Waals surface area contributed by atoms with Gasteiger partial charge in [-0.1, -0.05) is 48.4 Å². The van der Waals surface area contributed by atoms with Gasteiger partial charge in [0, 0.05) is 5.56 Å². The molecule has 0 aliphatic heterocycles. The topological polar surface area (TPSA) is 92.5 Å². The first-order valence-electron chi connectivity index (χ1n) is 19.7. The summed E-state index contributed by atoms with van der Waals surface area (Å²) < 4.78 is 0. The van der Waals surface area contributed by atoms with Crippen LogP contribution in [0, 0.1) is 47.9 Å². The van der Waals surface area contributed by atoms with E-state index in [4.69, 9.17) is 17.9 Å². The quantitative estimate of drug-likeness (QED) is 0.0870. The van der Waals surface area contributed by atoms with Crippen molar-refractivity contribution < 1.29 is 10.2 Å². The van der Waals surface area contributed by atoms with E-state index in [0.29, 0.717) is 11.4 Å². The maximum absolute atomic E-state index is 10.8. The highest BCUT2D eigenvalue weighted by molar-refractivity contribution is 5.90. The number of terminal acetylenes is 1. The van der Waals surface area contributed by atoms with Crippen LogP contribution in [0.15, 0.2) is 66.7 Å². The van der Waals surface area contributed by atoms with Crippen LogP contribution < -0.4 is 11.5 Å². The Labute approximate surface area is 301 Å². The van der Waals surface area contributed by atoms with E-state index in [1.165, 1.54) is 105 Å². The second-order valence-corrected chi connectivity index (χ2v) is 18.5. The number of benzene rings is 4. The van der Waals surface area contributed by atoms with Crippen molar-refractivity contribution in [2.75, 3.05) is 11.5 Å². The maximum atomic E-state index is 10.8. The molecule has 8 bridgehead atoms. The van der Waals surface area contributed by atoms with Gasteiger partial charge >= 0.3 is 0 Å². The summed E-state index contributed by atoms with van der Waals surface area (Å²) in [5, 5.41) is 21.6. The van der Waals surface area contributed by atoms with Crippen LogP contribution in [-0.2, 0) is 16.2 Å². The molecule has 0 aromatic heterocycles. The summed E-state index contributed by atoms with van der Waals surface area (Å²) in [6.45, 7) is 0. The summed E-state index contributed by atoms with van der Waals surface area (Å²) in [7, 11) is 0. The molecular weight excluding hydrogens is 625 g/mol. The molecule has 9 aliphatic rings. The largest absolute Gasteiger partial charge is 0.506 e. The summed E-state index contributed by atoms with van der Waals surface area (Å²) in [5.41, 5.74) is 23.8. The Balaban J connectivity index is 1.22. The minimum absolute atomic E-state index is 0.0689. The molecule has 6 N–H and O–H groups in total. The third-order valence-electron chi connectivity index (χ3n) is 15.6. The molecule has 0 unspecified atom stereocenters. The molecule has 51 heavy (non-hydrogen) atoms. The highest BCUT2D eigenvalue weighted by atomic mass is 16.3. The minimum atomic E-state index is -0.855. The van der Waals surface area contributed by atoms with Crippen LogP contribution in [0.25, 0.3) is 11.1 Å². The minimum Gasteiger partial charge on any atom is -0.506 e. The predicted molar refractivity (Wildman–Crippen MR) is 204 cm³/mol. The standard InChI is InChI=1S/C47H48N2O2/c1-2-35-38(46-23-29-14-30(24-46)16-31(15-29)25-46)8-7-37-36-6-3-32(45-20-26-11-27(21-45)13-28(12-26)22-45)17-39(36)47(44(35)37,33-4-9-42(50)40(48)18-33)34-5-10-43(51)41(49)19-34/h1,3-10,17-19,26-31,50-51H,11-16,20-25,48-49H2. The van der Waals surface area contributed by atoms with Crippen molar-refractivity contribution in [3.05, 3.63) is 106 Å². The molecule has 0 heterocycles. The number of anilines is 2. The zero-order chi connectivity index (χ0) is 34.4. The molecule has 0 spiro atoms. The van der Waals surface area contributed by atoms with Crippen molar-refractivity contribution >= 4 is 11.4 Å². The van der Waals surface area contributed by atoms with E-state index >= 15 is 0 Å². The van der Waals surface area contributed by atoms with Crippen LogP contribution in [-0.4, -0.2) is 10.2 Å². The first-order chi connectivity index (χ1) is 24.7. The van der Waals surface area contributed by atoms with Gasteiger partial charge in [-0.15, -0.1) is 6.42 Å². The van der Waals surface area contributed by atoms with Crippen molar-refractivity contribution in [1.82, 2.24) is 0 Å². The zero-order valence-corrected chi connectivity index (χ0v) is 29.4. The lowest BCUT2D eigenvalue weighted by Crippen LogP contribution is -2.49. The predicted octanol–water partition coefficient (Wildman–Crippen LogP) is 9.54. The SMILES string of the molecule is C#Cc1c(C23CC4CC(CC(C4)C2)C3)ccc2c1C(c1ccc(O)c(N)c1)(c1ccc(O)c(N)c1)c1cc(C34CC5CC(CC(C5)C3)C4)ccc1-2. The number of aromatic hydroxyl groups is 2. The lowest BCUT2D eigenvalue weighted by Gasteiger charge is -2.57. The van der Waals surface area contributed by atoms with E-state index in [0.717, 1.165) is 57.8 Å². The molecule has 4 aromatic carbocycles. The monoisotopic (exact) mass is 672 g/mol. The van der Waals surface area contributed by atoms with Crippen LogP contribution in [0.5, 0.6) is 11.5 Å². The van der Waals surface area contributed by atoms with Crippen LogP contribution >= 0.6 is 0 Å². The molecule has 0 radical (unpaired) electrons. The fraction of sp³-hybridized carbons (Fsp3) is 0.447. The Hall–Kier alpha value is -4.36. The summed E-state index contributed by atoms with van der Waals surface area (Å²) in [6.07, 6.45) is 22.6. The first-order valence-corrected chi connectivity index (χ1v) is 19.7. The van der Waals surface area contributed by atoms with Crippen molar-refractivity contribution in [2.45, 2.75) is 93.3 Å². The number of phenolic OH excluding ortho intramolecular Hbond substituents is 2. The average molecular weight is 673 g/mol. The smallest absolute Gasteiger partial charge is 0.138 e. The van der Waals surface area contributed by atoms with Crippen molar-refractivity contribution in [3.8, 4) is 35.0 Å². The third kappa shape index (κ3) is 3.99. The van der Waals surface area contributed by atoms with Crippen LogP contribution in [0.2, 0.25) is 0 Å². The van der Waals surface area contributed by atoms with Crippen molar-refractivity contribution in [3.63, 3.8) is 0 Å². The molecule has 0 atom stereocenters. The summed E-state index contributed by atoms with van der Waals surface area (Å²) in [4.78, 5) is 0. The first kappa shape index (κ1) is 30.3. The summed E-state index contributed by atoms with van der Waals surface area (Å²) in [5.74, 6) is 8.35. The lowest BCUT2D eigenvalue weighted by molar-refractivity contribution is -0.00537. The Kier molecular flexibility index (Phi) is 6.03. The average Bonchev–Trinajstić information content (AvgIpc) is 3.40. The number of phenols is 2. The normalized spacial score (nSPS) is 34.3. The van der Waals surface area contributed by atoms with Gasteiger partial charge in [0.1, 0.15) is 11.5 Å². The molecule has 0 amide bonds. The molecule has 4 heteroatoms. The Morgan fingerprint density at radius 3 is 1.45 bits per heavy atom. The highest BCUT2D eigenvalue weighted by Gasteiger charge is 2.56. The van der Waals surface area contributed by atoms with Gasteiger partial charge in [-0.05, 0) is 192 Å². The maximum Gasteiger partial charge on any atom is 0.138 e. The van der Waals surface area contributed by atoms with E-state index in [2.05, 4.69) is 36.3 Å². The van der Waals surface area contributed by atoms with Crippen molar-refractivity contribution in [2.24, 2.45) is 35.5 Å². The van der Waals surface area contributed by atoms with Gasteiger partial charge in [-0.2, -0.15) is 0 Å². The van der Waals surface area contributed by atoms with Gasteiger partial charge < -0.3 is 21.7 Å². The molecule has 8 saturated carbocycles. The van der Waals surface area contributed by atoms with Gasteiger partial charge in [0.2, 0.25) is 0 Å². The summed E-state index contributed by atoms with van der Waals surface area (Å²) in [6, 6.07) is 23.6. The number of fused-ring (bicyclic) bond motifs is 3. The molecule has 8 fully saturated rings. The molecule has 258 valence electrons. The second-order valence-electron chi connectivity index (χ2n) is 18.5. The number of hydrogen-bond donors (Lipinski definition) is 4. The Bertz CT molecular complexity index is 2080. The van der Waals surface area contributed by atoms with Crippen molar-refractivity contribution in [1.29, 1.82) is 0 Å². The number of rotatable bonds is 4. The van der Waals surface area contributed by atoms with Gasteiger partial charge in [0.25, 0.3) is 0 Å². The number of nitrogens with two attached hydrogens (primary N) is 2. The second kappa shape index (κ2) is 10.2. The molecule has 13 rings (SSSR count). The van der Waals surface area contributed by atoms with Crippen LogP contribution in [0.3, 0.4) is 0 Å². The van der Waals surface area contributed by atoms with E-state index in [1.54, 1.807) is 12.1 Å². The lowest BCUT2D eigenvalue weighted by atomic mass is 9.47. The molecule has 9 aliphatic carbocycles. The third-order valence-corrected chi connectivity index (χ3v) is 15.6. The number of hydrogen-bond acceptors (Lipinski definition) is 4. The van der Waals surface area contributed by atoms with Gasteiger partial charge in [0.05, 0.1) is 16.8 Å². The summed E-state index contributed by atoms with van der Waals surface area (Å²) >= 11 is 0. The molecule has 4 aromatic rings. The van der Waals surface area contributed by atoms with Crippen LogP contribution in [0.1, 0.15) is 116 Å². The molecule has 0 saturated heterocycles. The van der Waals surface area contributed by atoms with Gasteiger partial charge in [-0.3, -0.25) is 0 Å². The molecule has 4 nitrogen and oxygen atoms in total. The van der Waals surface area contributed by atoms with Gasteiger partial charge in [0.15, 0.2) is 0 Å². The Morgan fingerprint density at radius 1 is 0.529 bits per heavy atom. The van der Waals surface area contributed by atoms with E-state index < -0.39 is 5.41 Å². The van der Waals surface area contributed by atoms with Crippen LogP contribution in [0.4, 0.5) is 11.4 Å².